The highest BCUT2D eigenvalue weighted by atomic mass is 32.2. The van der Waals surface area contributed by atoms with Crippen LogP contribution in [0.5, 0.6) is 0 Å². The molecule has 0 amide bonds. The van der Waals surface area contributed by atoms with Crippen LogP contribution >= 0.6 is 0 Å². The highest BCUT2D eigenvalue weighted by molar-refractivity contribution is 7.89. The van der Waals surface area contributed by atoms with Crippen LogP contribution in [-0.2, 0) is 14.8 Å². The standard InChI is InChI=1S/C9H14O.C6H7NO2S/c1-7-4-8(10)6-9(2,3)5-7;7-10(8,9)6-4-2-1-3-5-6/h4H,5-6H2,1-3H3;1-5H,(H2,7,8,9). The Balaban J connectivity index is 0.000000200. The minimum atomic E-state index is -3.50. The number of primary sulfonamides is 1. The molecule has 1 aliphatic carbocycles. The third kappa shape index (κ3) is 5.67. The van der Waals surface area contributed by atoms with E-state index in [9.17, 15) is 13.2 Å². The summed E-state index contributed by atoms with van der Waals surface area (Å²) in [7, 11) is -3.50. The van der Waals surface area contributed by atoms with Crippen LogP contribution in [0.25, 0.3) is 0 Å². The summed E-state index contributed by atoms with van der Waals surface area (Å²) in [5, 5.41) is 4.83. The van der Waals surface area contributed by atoms with Crippen molar-refractivity contribution in [2.45, 2.75) is 38.5 Å². The molecule has 0 aromatic heterocycles. The number of allylic oxidation sites excluding steroid dienone is 2. The van der Waals surface area contributed by atoms with Gasteiger partial charge in [-0.25, -0.2) is 13.6 Å². The Morgan fingerprint density at radius 1 is 1.10 bits per heavy atom. The van der Waals surface area contributed by atoms with E-state index in [1.165, 1.54) is 17.7 Å². The third-order valence-corrected chi connectivity index (χ3v) is 3.82. The van der Waals surface area contributed by atoms with Crippen LogP contribution in [0, 0.1) is 5.41 Å². The van der Waals surface area contributed by atoms with Crippen molar-refractivity contribution < 1.29 is 13.2 Å². The highest BCUT2D eigenvalue weighted by Gasteiger charge is 2.25. The van der Waals surface area contributed by atoms with E-state index in [0.717, 1.165) is 6.42 Å². The summed E-state index contributed by atoms with van der Waals surface area (Å²) in [5.41, 5.74) is 1.43. The maximum atomic E-state index is 11.0. The van der Waals surface area contributed by atoms with Gasteiger partial charge in [-0.1, -0.05) is 37.6 Å². The van der Waals surface area contributed by atoms with E-state index in [2.05, 4.69) is 13.8 Å². The third-order valence-electron chi connectivity index (χ3n) is 2.89. The van der Waals surface area contributed by atoms with E-state index in [0.29, 0.717) is 6.42 Å². The van der Waals surface area contributed by atoms with Crippen LogP contribution in [0.1, 0.15) is 33.6 Å². The van der Waals surface area contributed by atoms with E-state index >= 15 is 0 Å². The lowest BCUT2D eigenvalue weighted by molar-refractivity contribution is -0.117. The molecule has 2 rings (SSSR count). The Hall–Kier alpha value is -1.46. The number of ketones is 1. The van der Waals surface area contributed by atoms with Gasteiger partial charge in [0.1, 0.15) is 0 Å². The molecule has 2 N–H and O–H groups in total. The number of nitrogens with two attached hydrogens (primary N) is 1. The first-order valence-electron chi connectivity index (χ1n) is 6.38. The van der Waals surface area contributed by atoms with Crippen molar-refractivity contribution in [2.24, 2.45) is 10.6 Å². The van der Waals surface area contributed by atoms with Crippen molar-refractivity contribution in [3.05, 3.63) is 42.0 Å². The molecular weight excluding hydrogens is 274 g/mol. The summed E-state index contributed by atoms with van der Waals surface area (Å²) in [6.07, 6.45) is 3.55. The molecule has 0 unspecified atom stereocenters. The lowest BCUT2D eigenvalue weighted by atomic mass is 9.77. The minimum Gasteiger partial charge on any atom is -0.295 e. The van der Waals surface area contributed by atoms with Crippen molar-refractivity contribution in [3.8, 4) is 0 Å². The lowest BCUT2D eigenvalue weighted by Gasteiger charge is -2.27. The monoisotopic (exact) mass is 295 g/mol. The number of sulfonamides is 1. The summed E-state index contributed by atoms with van der Waals surface area (Å²) in [6, 6.07) is 7.89. The van der Waals surface area contributed by atoms with Gasteiger partial charge in [0.25, 0.3) is 0 Å². The zero-order valence-corrected chi connectivity index (χ0v) is 12.9. The molecule has 0 heterocycles. The summed E-state index contributed by atoms with van der Waals surface area (Å²) in [6.45, 7) is 6.31. The molecular formula is C15H21NO3S. The van der Waals surface area contributed by atoms with Crippen molar-refractivity contribution in [1.29, 1.82) is 0 Å². The number of hydrogen-bond donors (Lipinski definition) is 1. The van der Waals surface area contributed by atoms with Gasteiger partial charge in [-0.3, -0.25) is 4.79 Å². The predicted octanol–water partition coefficient (Wildman–Crippen LogP) is 2.66. The van der Waals surface area contributed by atoms with Crippen LogP contribution in [-0.4, -0.2) is 14.2 Å². The Kier molecular flexibility index (Phi) is 5.25. The Labute approximate surface area is 120 Å². The molecule has 0 radical (unpaired) electrons. The maximum Gasteiger partial charge on any atom is 0.238 e. The average Bonchev–Trinajstić information content (AvgIpc) is 2.26. The molecule has 1 aromatic rings. The summed E-state index contributed by atoms with van der Waals surface area (Å²) in [5.74, 6) is 0.286. The molecule has 4 nitrogen and oxygen atoms in total. The van der Waals surface area contributed by atoms with Crippen LogP contribution < -0.4 is 5.14 Å². The van der Waals surface area contributed by atoms with Gasteiger partial charge in [-0.2, -0.15) is 0 Å². The Morgan fingerprint density at radius 2 is 1.65 bits per heavy atom. The Morgan fingerprint density at radius 3 is 2.00 bits per heavy atom. The number of rotatable bonds is 1. The topological polar surface area (TPSA) is 77.2 Å². The molecule has 5 heteroatoms. The van der Waals surface area contributed by atoms with E-state index in [4.69, 9.17) is 5.14 Å². The number of benzene rings is 1. The van der Waals surface area contributed by atoms with Gasteiger partial charge in [0.2, 0.25) is 10.0 Å². The number of carbonyl (C=O) groups excluding carboxylic acids is 1. The smallest absolute Gasteiger partial charge is 0.238 e. The SMILES string of the molecule is CC1=CC(=O)CC(C)(C)C1.NS(=O)(=O)c1ccccc1. The van der Waals surface area contributed by atoms with E-state index in [1.807, 2.05) is 6.92 Å². The van der Waals surface area contributed by atoms with Crippen LogP contribution in [0.2, 0.25) is 0 Å². The quantitative estimate of drug-likeness (QED) is 0.865. The molecule has 1 aromatic carbocycles. The van der Waals surface area contributed by atoms with Crippen molar-refractivity contribution in [1.82, 2.24) is 0 Å². The average molecular weight is 295 g/mol. The first kappa shape index (κ1) is 16.6. The molecule has 0 fully saturated rings. The largest absolute Gasteiger partial charge is 0.295 e. The van der Waals surface area contributed by atoms with Crippen molar-refractivity contribution >= 4 is 15.8 Å². The van der Waals surface area contributed by atoms with Gasteiger partial charge in [0, 0.05) is 6.42 Å². The highest BCUT2D eigenvalue weighted by Crippen LogP contribution is 2.32. The summed E-state index contributed by atoms with van der Waals surface area (Å²) in [4.78, 5) is 11.2. The molecule has 0 atom stereocenters. The first-order valence-corrected chi connectivity index (χ1v) is 7.93. The van der Waals surface area contributed by atoms with Gasteiger partial charge < -0.3 is 0 Å². The summed E-state index contributed by atoms with van der Waals surface area (Å²) < 4.78 is 21.2. The number of carbonyl (C=O) groups is 1. The zero-order valence-electron chi connectivity index (χ0n) is 12.1. The van der Waals surface area contributed by atoms with Crippen LogP contribution in [0.4, 0.5) is 0 Å². The molecule has 1 aliphatic rings. The lowest BCUT2D eigenvalue weighted by Crippen LogP contribution is -2.20. The van der Waals surface area contributed by atoms with Crippen molar-refractivity contribution in [3.63, 3.8) is 0 Å². The van der Waals surface area contributed by atoms with E-state index < -0.39 is 10.0 Å². The summed E-state index contributed by atoms with van der Waals surface area (Å²) >= 11 is 0. The molecule has 0 saturated carbocycles. The fourth-order valence-corrected chi connectivity index (χ4v) is 2.81. The maximum absolute atomic E-state index is 11.0. The van der Waals surface area contributed by atoms with Gasteiger partial charge >= 0.3 is 0 Å². The second kappa shape index (κ2) is 6.33. The normalized spacial score (nSPS) is 17.8. The molecule has 20 heavy (non-hydrogen) atoms. The van der Waals surface area contributed by atoms with Gasteiger partial charge in [-0.15, -0.1) is 0 Å². The molecule has 110 valence electrons. The molecule has 0 aliphatic heterocycles. The first-order chi connectivity index (χ1) is 9.10. The molecule has 0 saturated heterocycles. The van der Waals surface area contributed by atoms with Gasteiger partial charge in [0.15, 0.2) is 5.78 Å². The fraction of sp³-hybridized carbons (Fsp3) is 0.400. The molecule has 0 spiro atoms. The van der Waals surface area contributed by atoms with Gasteiger partial charge in [0.05, 0.1) is 4.90 Å². The van der Waals surface area contributed by atoms with Crippen LogP contribution in [0.15, 0.2) is 46.9 Å². The zero-order chi connectivity index (χ0) is 15.4. The minimum absolute atomic E-state index is 0.148. The fourth-order valence-electron chi connectivity index (χ4n) is 2.28. The predicted molar refractivity (Wildman–Crippen MR) is 79.6 cm³/mol. The van der Waals surface area contributed by atoms with E-state index in [-0.39, 0.29) is 16.1 Å². The van der Waals surface area contributed by atoms with Gasteiger partial charge in [-0.05, 0) is 37.0 Å². The number of hydrogen-bond acceptors (Lipinski definition) is 3. The Bertz CT molecular complexity index is 601. The molecule has 0 bridgehead atoms. The van der Waals surface area contributed by atoms with E-state index in [1.54, 1.807) is 24.3 Å². The second-order valence-electron chi connectivity index (χ2n) is 5.83. The van der Waals surface area contributed by atoms with Crippen molar-refractivity contribution in [2.75, 3.05) is 0 Å². The second-order valence-corrected chi connectivity index (χ2v) is 7.39. The van der Waals surface area contributed by atoms with Crippen LogP contribution in [0.3, 0.4) is 0 Å².